The molecule has 0 radical (unpaired) electrons. The molecule has 0 saturated heterocycles. The number of halogens is 1. The quantitative estimate of drug-likeness (QED) is 0.673. The summed E-state index contributed by atoms with van der Waals surface area (Å²) in [6.07, 6.45) is 0. The van der Waals surface area contributed by atoms with Crippen LogP contribution in [0.15, 0.2) is 36.4 Å². The summed E-state index contributed by atoms with van der Waals surface area (Å²) in [4.78, 5) is 14.0. The molecule has 0 spiro atoms. The fourth-order valence-corrected chi connectivity index (χ4v) is 2.09. The Morgan fingerprint density at radius 3 is 2.71 bits per heavy atom. The monoisotopic (exact) mass is 229 g/mol. The van der Waals surface area contributed by atoms with Crippen molar-refractivity contribution in [2.45, 2.75) is 0 Å². The predicted octanol–water partition coefficient (Wildman–Crippen LogP) is 3.16. The normalized spacial score (nSPS) is 11.1. The highest BCUT2D eigenvalue weighted by Crippen LogP contribution is 2.29. The molecule has 0 amide bonds. The average molecular weight is 229 g/mol. The average Bonchev–Trinajstić information content (AvgIpc) is 2.68. The molecule has 0 unspecified atom stereocenters. The van der Waals surface area contributed by atoms with Crippen molar-refractivity contribution < 1.29 is 14.3 Å². The van der Waals surface area contributed by atoms with Crippen molar-refractivity contribution in [1.82, 2.24) is 4.98 Å². The van der Waals surface area contributed by atoms with Crippen LogP contribution >= 0.6 is 0 Å². The van der Waals surface area contributed by atoms with Crippen molar-refractivity contribution in [3.8, 4) is 0 Å². The lowest BCUT2D eigenvalue weighted by molar-refractivity contribution is 0.0699. The molecule has 0 fully saturated rings. The Kier molecular flexibility index (Phi) is 1.92. The van der Waals surface area contributed by atoms with Crippen LogP contribution < -0.4 is 0 Å². The van der Waals surface area contributed by atoms with Gasteiger partial charge in [0, 0.05) is 16.3 Å². The number of aromatic carboxylic acids is 1. The van der Waals surface area contributed by atoms with Crippen LogP contribution in [0.5, 0.6) is 0 Å². The number of hydrogen-bond acceptors (Lipinski definition) is 1. The lowest BCUT2D eigenvalue weighted by atomic mass is 10.1. The summed E-state index contributed by atoms with van der Waals surface area (Å²) in [5.74, 6) is -1.48. The number of benzene rings is 2. The number of carboxylic acid groups (broad SMARTS) is 1. The van der Waals surface area contributed by atoms with Gasteiger partial charge in [0.2, 0.25) is 0 Å². The van der Waals surface area contributed by atoms with Gasteiger partial charge < -0.3 is 10.1 Å². The van der Waals surface area contributed by atoms with Crippen molar-refractivity contribution in [2.24, 2.45) is 0 Å². The summed E-state index contributed by atoms with van der Waals surface area (Å²) < 4.78 is 13.8. The summed E-state index contributed by atoms with van der Waals surface area (Å²) in [6, 6.07) is 9.63. The van der Waals surface area contributed by atoms with Crippen LogP contribution in [-0.2, 0) is 0 Å². The number of carboxylic acids is 1. The smallest absolute Gasteiger partial charge is 0.337 e. The number of rotatable bonds is 1. The summed E-state index contributed by atoms with van der Waals surface area (Å²) in [7, 11) is 0. The molecule has 0 aliphatic heterocycles. The van der Waals surface area contributed by atoms with Crippen LogP contribution in [0.1, 0.15) is 10.4 Å². The maximum Gasteiger partial charge on any atom is 0.337 e. The second-order valence-electron chi connectivity index (χ2n) is 3.82. The number of aromatic amines is 1. The van der Waals surface area contributed by atoms with Crippen LogP contribution in [0, 0.1) is 5.82 Å². The standard InChI is InChI=1S/C13H8FNO2/c14-9-6-5-8(13(16)17)12-11(9)7-3-1-2-4-10(7)15-12/h1-6,15H,(H,16,17). The fraction of sp³-hybridized carbons (Fsp3) is 0. The molecule has 4 heteroatoms. The van der Waals surface area contributed by atoms with Crippen molar-refractivity contribution in [3.05, 3.63) is 47.8 Å². The molecule has 0 bridgehead atoms. The van der Waals surface area contributed by atoms with Gasteiger partial charge in [0.1, 0.15) is 5.82 Å². The van der Waals surface area contributed by atoms with Gasteiger partial charge in [-0.1, -0.05) is 18.2 Å². The van der Waals surface area contributed by atoms with Gasteiger partial charge in [-0.05, 0) is 18.2 Å². The maximum absolute atomic E-state index is 13.8. The number of aromatic nitrogens is 1. The van der Waals surface area contributed by atoms with Crippen LogP contribution in [0.25, 0.3) is 21.8 Å². The van der Waals surface area contributed by atoms with E-state index in [9.17, 15) is 9.18 Å². The first-order valence-electron chi connectivity index (χ1n) is 5.10. The van der Waals surface area contributed by atoms with E-state index < -0.39 is 11.8 Å². The Morgan fingerprint density at radius 2 is 1.94 bits per heavy atom. The third-order valence-electron chi connectivity index (χ3n) is 2.84. The van der Waals surface area contributed by atoms with Crippen LogP contribution in [0.4, 0.5) is 4.39 Å². The molecule has 2 aromatic carbocycles. The highest BCUT2D eigenvalue weighted by atomic mass is 19.1. The molecular formula is C13H8FNO2. The third kappa shape index (κ3) is 1.30. The van der Waals surface area contributed by atoms with E-state index in [0.717, 1.165) is 5.52 Å². The zero-order chi connectivity index (χ0) is 12.0. The highest BCUT2D eigenvalue weighted by molar-refractivity contribution is 6.13. The van der Waals surface area contributed by atoms with E-state index >= 15 is 0 Å². The van der Waals surface area contributed by atoms with Crippen molar-refractivity contribution >= 4 is 27.8 Å². The summed E-state index contributed by atoms with van der Waals surface area (Å²) in [6.45, 7) is 0. The Hall–Kier alpha value is -2.36. The molecule has 0 atom stereocenters. The topological polar surface area (TPSA) is 53.1 Å². The minimum atomic E-state index is -1.07. The largest absolute Gasteiger partial charge is 0.478 e. The lowest BCUT2D eigenvalue weighted by Gasteiger charge is -1.98. The second kappa shape index (κ2) is 3.31. The Morgan fingerprint density at radius 1 is 1.18 bits per heavy atom. The zero-order valence-corrected chi connectivity index (χ0v) is 8.70. The third-order valence-corrected chi connectivity index (χ3v) is 2.84. The zero-order valence-electron chi connectivity index (χ0n) is 8.70. The Labute approximate surface area is 95.5 Å². The number of carbonyl (C=O) groups is 1. The molecule has 1 aromatic heterocycles. The van der Waals surface area contributed by atoms with Crippen molar-refractivity contribution in [3.63, 3.8) is 0 Å². The van der Waals surface area contributed by atoms with Crippen LogP contribution in [0.3, 0.4) is 0 Å². The van der Waals surface area contributed by atoms with Gasteiger partial charge >= 0.3 is 5.97 Å². The second-order valence-corrected chi connectivity index (χ2v) is 3.82. The number of fused-ring (bicyclic) bond motifs is 3. The summed E-state index contributed by atoms with van der Waals surface area (Å²) >= 11 is 0. The molecule has 3 rings (SSSR count). The molecule has 2 N–H and O–H groups in total. The van der Waals surface area contributed by atoms with Crippen molar-refractivity contribution in [2.75, 3.05) is 0 Å². The Balaban J connectivity index is 2.58. The van der Waals surface area contributed by atoms with Gasteiger partial charge in [-0.2, -0.15) is 0 Å². The van der Waals surface area contributed by atoms with E-state index in [1.54, 1.807) is 18.2 Å². The highest BCUT2D eigenvalue weighted by Gasteiger charge is 2.15. The molecule has 3 aromatic rings. The van der Waals surface area contributed by atoms with Crippen LogP contribution in [-0.4, -0.2) is 16.1 Å². The van der Waals surface area contributed by atoms with Gasteiger partial charge in [0.05, 0.1) is 11.1 Å². The molecule has 1 heterocycles. The van der Waals surface area contributed by atoms with E-state index in [2.05, 4.69) is 4.98 Å². The van der Waals surface area contributed by atoms with Gasteiger partial charge in [-0.25, -0.2) is 9.18 Å². The van der Waals surface area contributed by atoms with Gasteiger partial charge in [0.25, 0.3) is 0 Å². The molecule has 3 nitrogen and oxygen atoms in total. The Bertz CT molecular complexity index is 746. The summed E-state index contributed by atoms with van der Waals surface area (Å²) in [5, 5.41) is 10.1. The first-order chi connectivity index (χ1) is 8.18. The molecule has 0 aliphatic rings. The van der Waals surface area contributed by atoms with E-state index in [1.165, 1.54) is 12.1 Å². The first kappa shape index (κ1) is 9.84. The SMILES string of the molecule is O=C(O)c1ccc(F)c2c1[nH]c1ccccc12. The van der Waals surface area contributed by atoms with Gasteiger partial charge in [-0.3, -0.25) is 0 Å². The molecule has 0 saturated carbocycles. The lowest BCUT2D eigenvalue weighted by Crippen LogP contribution is -1.97. The van der Waals surface area contributed by atoms with Gasteiger partial charge in [0.15, 0.2) is 0 Å². The molecular weight excluding hydrogens is 221 g/mol. The minimum absolute atomic E-state index is 0.0811. The van der Waals surface area contributed by atoms with Crippen LogP contribution in [0.2, 0.25) is 0 Å². The summed E-state index contributed by atoms with van der Waals surface area (Å²) in [5.41, 5.74) is 1.14. The number of hydrogen-bond donors (Lipinski definition) is 2. The number of nitrogens with one attached hydrogen (secondary N) is 1. The predicted molar refractivity (Wildman–Crippen MR) is 62.7 cm³/mol. The maximum atomic E-state index is 13.8. The van der Waals surface area contributed by atoms with E-state index in [4.69, 9.17) is 5.11 Å². The molecule has 17 heavy (non-hydrogen) atoms. The fourth-order valence-electron chi connectivity index (χ4n) is 2.09. The van der Waals surface area contributed by atoms with E-state index in [-0.39, 0.29) is 5.56 Å². The molecule has 0 aliphatic carbocycles. The van der Waals surface area contributed by atoms with Gasteiger partial charge in [-0.15, -0.1) is 0 Å². The first-order valence-corrected chi connectivity index (χ1v) is 5.10. The number of para-hydroxylation sites is 1. The molecule has 84 valence electrons. The number of H-pyrrole nitrogens is 1. The van der Waals surface area contributed by atoms with E-state index in [0.29, 0.717) is 16.3 Å². The minimum Gasteiger partial charge on any atom is -0.478 e. The van der Waals surface area contributed by atoms with E-state index in [1.807, 2.05) is 6.07 Å². The van der Waals surface area contributed by atoms with Crippen molar-refractivity contribution in [1.29, 1.82) is 0 Å².